The molecule has 0 bridgehead atoms. The van der Waals surface area contributed by atoms with Crippen LogP contribution in [0.15, 0.2) is 35.0 Å². The summed E-state index contributed by atoms with van der Waals surface area (Å²) in [5, 5.41) is 14.8. The fourth-order valence-corrected chi connectivity index (χ4v) is 7.57. The first-order valence-corrected chi connectivity index (χ1v) is 13.2. The van der Waals surface area contributed by atoms with Crippen molar-refractivity contribution in [1.29, 1.82) is 0 Å². The molecule has 2 heterocycles. The first-order chi connectivity index (χ1) is 17.1. The number of anilines is 1. The molecule has 3 aromatic rings. The molecule has 5 atom stereocenters. The molecule has 1 fully saturated rings. The van der Waals surface area contributed by atoms with Crippen LogP contribution in [0.25, 0.3) is 0 Å². The number of aromatic nitrogens is 3. The van der Waals surface area contributed by atoms with E-state index in [-0.39, 0.29) is 28.5 Å². The Morgan fingerprint density at radius 2 is 2.08 bits per heavy atom. The molecule has 3 aliphatic carbocycles. The summed E-state index contributed by atoms with van der Waals surface area (Å²) in [5.74, 6) is 2.69. The summed E-state index contributed by atoms with van der Waals surface area (Å²) in [5.41, 5.74) is 4.81. The molecule has 0 saturated heterocycles. The maximum absolute atomic E-state index is 13.9. The lowest BCUT2D eigenvalue weighted by Crippen LogP contribution is -2.44. The standard InChI is InChI=1S/C29H35FN4O2/c1-28(2,3)23-14-24(34-36-23)32-25(35)10-9-21-22-15-31-33-27(22)29(4)12-11-19-18-8-6-17(30)13-16(18)5-7-20(19)26(21)29/h6,8,13-15,19-21,26H,5,7,9-12H2,1-4H3,(H,31,33)(H,32,34,35)/t19?,20?,21-,26?,29+/m1/s1. The van der Waals surface area contributed by atoms with E-state index in [4.69, 9.17) is 9.62 Å². The normalized spacial score (nSPS) is 28.7. The average molecular weight is 491 g/mol. The predicted octanol–water partition coefficient (Wildman–Crippen LogP) is 6.36. The van der Waals surface area contributed by atoms with E-state index in [0.717, 1.165) is 37.9 Å². The van der Waals surface area contributed by atoms with Crippen LogP contribution in [0.5, 0.6) is 0 Å². The Hall–Kier alpha value is -2.96. The highest BCUT2D eigenvalue weighted by atomic mass is 19.1. The molecule has 190 valence electrons. The maximum atomic E-state index is 13.9. The third-order valence-corrected chi connectivity index (χ3v) is 9.18. The Morgan fingerprint density at radius 1 is 1.25 bits per heavy atom. The van der Waals surface area contributed by atoms with E-state index >= 15 is 0 Å². The smallest absolute Gasteiger partial charge is 0.225 e. The van der Waals surface area contributed by atoms with E-state index in [9.17, 15) is 9.18 Å². The van der Waals surface area contributed by atoms with Gasteiger partial charge in [-0.3, -0.25) is 9.89 Å². The highest BCUT2D eigenvalue weighted by molar-refractivity contribution is 5.89. The van der Waals surface area contributed by atoms with Crippen molar-refractivity contribution in [2.75, 3.05) is 5.32 Å². The van der Waals surface area contributed by atoms with Gasteiger partial charge in [-0.05, 0) is 84.6 Å². The van der Waals surface area contributed by atoms with E-state index in [1.807, 2.05) is 12.1 Å². The predicted molar refractivity (Wildman–Crippen MR) is 135 cm³/mol. The van der Waals surface area contributed by atoms with Gasteiger partial charge >= 0.3 is 0 Å². The van der Waals surface area contributed by atoms with E-state index in [0.29, 0.717) is 30.0 Å². The molecule has 0 aliphatic heterocycles. The molecular weight excluding hydrogens is 455 g/mol. The zero-order chi connectivity index (χ0) is 25.2. The highest BCUT2D eigenvalue weighted by Gasteiger charge is 2.58. The molecule has 6 rings (SSSR count). The van der Waals surface area contributed by atoms with Gasteiger partial charge in [-0.15, -0.1) is 0 Å². The van der Waals surface area contributed by atoms with Crippen molar-refractivity contribution >= 4 is 11.7 Å². The number of nitrogens with one attached hydrogen (secondary N) is 2. The number of carbonyl (C=O) groups excluding carboxylic acids is 1. The molecule has 1 amide bonds. The van der Waals surface area contributed by atoms with Crippen LogP contribution >= 0.6 is 0 Å². The molecule has 1 aromatic carbocycles. The van der Waals surface area contributed by atoms with Crippen molar-refractivity contribution in [3.63, 3.8) is 0 Å². The van der Waals surface area contributed by atoms with Crippen LogP contribution in [0.4, 0.5) is 10.2 Å². The second-order valence-electron chi connectivity index (χ2n) is 12.3. The third-order valence-electron chi connectivity index (χ3n) is 9.18. The van der Waals surface area contributed by atoms with Gasteiger partial charge in [-0.2, -0.15) is 5.10 Å². The molecule has 1 saturated carbocycles. The van der Waals surface area contributed by atoms with Crippen LogP contribution in [-0.2, 0) is 22.0 Å². The molecule has 7 heteroatoms. The van der Waals surface area contributed by atoms with E-state index in [1.54, 1.807) is 12.1 Å². The lowest BCUT2D eigenvalue weighted by molar-refractivity contribution is -0.116. The largest absolute Gasteiger partial charge is 0.359 e. The summed E-state index contributed by atoms with van der Waals surface area (Å²) in [4.78, 5) is 12.9. The Labute approximate surface area is 211 Å². The van der Waals surface area contributed by atoms with Crippen molar-refractivity contribution in [3.05, 3.63) is 64.4 Å². The van der Waals surface area contributed by atoms with E-state index in [2.05, 4.69) is 49.5 Å². The van der Waals surface area contributed by atoms with Crippen LogP contribution < -0.4 is 5.32 Å². The summed E-state index contributed by atoms with van der Waals surface area (Å²) in [6.07, 6.45) is 7.37. The number of H-pyrrole nitrogens is 1. The zero-order valence-corrected chi connectivity index (χ0v) is 21.5. The number of benzene rings is 1. The molecule has 2 aromatic heterocycles. The first-order valence-electron chi connectivity index (χ1n) is 13.2. The number of hydrogen-bond acceptors (Lipinski definition) is 4. The number of rotatable bonds is 4. The minimum atomic E-state index is -0.163. The lowest BCUT2D eigenvalue weighted by atomic mass is 9.53. The molecule has 36 heavy (non-hydrogen) atoms. The SMILES string of the molecule is CC(C)(C)c1cc(NC(=O)CC[C@@H]2c3c[nH]nc3[C@@]3(C)CCC4c5ccc(F)cc5CCC4C23)no1. The molecule has 6 nitrogen and oxygen atoms in total. The topological polar surface area (TPSA) is 83.8 Å². The van der Waals surface area contributed by atoms with Crippen LogP contribution in [0.3, 0.4) is 0 Å². The van der Waals surface area contributed by atoms with Crippen LogP contribution in [0, 0.1) is 17.7 Å². The van der Waals surface area contributed by atoms with Gasteiger partial charge in [0.1, 0.15) is 11.6 Å². The zero-order valence-electron chi connectivity index (χ0n) is 21.5. The number of amides is 1. The van der Waals surface area contributed by atoms with Gasteiger partial charge in [-0.25, -0.2) is 4.39 Å². The number of halogens is 1. The first kappa shape index (κ1) is 23.4. The molecule has 0 radical (unpaired) electrons. The van der Waals surface area contributed by atoms with E-state index < -0.39 is 0 Å². The number of nitrogens with zero attached hydrogens (tertiary/aromatic N) is 2. The second kappa shape index (κ2) is 8.29. The Bertz CT molecular complexity index is 1300. The number of carbonyl (C=O) groups is 1. The van der Waals surface area contributed by atoms with Gasteiger partial charge in [0.15, 0.2) is 5.82 Å². The fourth-order valence-electron chi connectivity index (χ4n) is 7.57. The van der Waals surface area contributed by atoms with Gasteiger partial charge in [0.05, 0.1) is 5.69 Å². The molecule has 3 aliphatic rings. The Kier molecular flexibility index (Phi) is 5.39. The van der Waals surface area contributed by atoms with Gasteiger partial charge in [-0.1, -0.05) is 38.9 Å². The number of aryl methyl sites for hydroxylation is 1. The summed E-state index contributed by atoms with van der Waals surface area (Å²) in [7, 11) is 0. The lowest BCUT2D eigenvalue weighted by Gasteiger charge is -2.50. The minimum absolute atomic E-state index is 0.00288. The minimum Gasteiger partial charge on any atom is -0.359 e. The van der Waals surface area contributed by atoms with Gasteiger partial charge in [0.25, 0.3) is 0 Å². The van der Waals surface area contributed by atoms with Crippen molar-refractivity contribution in [1.82, 2.24) is 15.4 Å². The maximum Gasteiger partial charge on any atom is 0.225 e. The van der Waals surface area contributed by atoms with Gasteiger partial charge < -0.3 is 9.84 Å². The molecule has 0 spiro atoms. The second-order valence-corrected chi connectivity index (χ2v) is 12.3. The van der Waals surface area contributed by atoms with Crippen LogP contribution in [0.2, 0.25) is 0 Å². The summed E-state index contributed by atoms with van der Waals surface area (Å²) in [6.45, 7) is 8.53. The van der Waals surface area contributed by atoms with Crippen LogP contribution in [-0.4, -0.2) is 21.3 Å². The molecular formula is C29H35FN4O2. The fraction of sp³-hybridized carbons (Fsp3) is 0.552. The Balaban J connectivity index is 1.23. The number of hydrogen-bond donors (Lipinski definition) is 2. The monoisotopic (exact) mass is 490 g/mol. The quantitative estimate of drug-likeness (QED) is 0.445. The van der Waals surface area contributed by atoms with Crippen molar-refractivity contribution in [2.45, 2.75) is 88.9 Å². The average Bonchev–Trinajstić information content (AvgIpc) is 3.54. The third kappa shape index (κ3) is 3.70. The number of aromatic amines is 1. The summed E-state index contributed by atoms with van der Waals surface area (Å²) < 4.78 is 19.3. The van der Waals surface area contributed by atoms with Crippen molar-refractivity contribution in [2.24, 2.45) is 11.8 Å². The van der Waals surface area contributed by atoms with Crippen LogP contribution in [0.1, 0.15) is 99.8 Å². The Morgan fingerprint density at radius 3 is 2.86 bits per heavy atom. The summed E-state index contributed by atoms with van der Waals surface area (Å²) in [6, 6.07) is 7.18. The molecule has 2 N–H and O–H groups in total. The summed E-state index contributed by atoms with van der Waals surface area (Å²) >= 11 is 0. The van der Waals surface area contributed by atoms with Crippen molar-refractivity contribution < 1.29 is 13.7 Å². The molecule has 3 unspecified atom stereocenters. The number of fused-ring (bicyclic) bond motifs is 7. The van der Waals surface area contributed by atoms with Gasteiger partial charge in [0.2, 0.25) is 5.91 Å². The highest BCUT2D eigenvalue weighted by Crippen LogP contribution is 2.64. The van der Waals surface area contributed by atoms with Gasteiger partial charge in [0, 0.05) is 29.5 Å². The van der Waals surface area contributed by atoms with Crippen molar-refractivity contribution in [3.8, 4) is 0 Å². The van der Waals surface area contributed by atoms with E-state index in [1.165, 1.54) is 22.4 Å².